The van der Waals surface area contributed by atoms with Gasteiger partial charge in [0.25, 0.3) is 0 Å². The molecule has 0 aromatic carbocycles. The molecule has 0 heterocycles. The van der Waals surface area contributed by atoms with Gasteiger partial charge in [-0.05, 0) is 75.5 Å². The quantitative estimate of drug-likeness (QED) is 0.828. The van der Waals surface area contributed by atoms with E-state index in [0.717, 1.165) is 37.0 Å². The van der Waals surface area contributed by atoms with Gasteiger partial charge in [-0.15, -0.1) is 0 Å². The van der Waals surface area contributed by atoms with E-state index in [9.17, 15) is 10.1 Å². The van der Waals surface area contributed by atoms with Gasteiger partial charge in [0, 0.05) is 5.54 Å². The van der Waals surface area contributed by atoms with E-state index in [1.165, 1.54) is 38.5 Å². The maximum Gasteiger partial charge on any atom is 0.240 e. The van der Waals surface area contributed by atoms with Gasteiger partial charge in [-0.2, -0.15) is 5.26 Å². The lowest BCUT2D eigenvalue weighted by Crippen LogP contribution is -2.62. The average molecular weight is 258 g/mol. The highest BCUT2D eigenvalue weighted by atomic mass is 16.2. The molecule has 0 radical (unpaired) electrons. The molecule has 0 spiro atoms. The third kappa shape index (κ3) is 1.65. The molecule has 0 saturated heterocycles. The largest absolute Gasteiger partial charge is 0.349 e. The molecule has 5 fully saturated rings. The Morgan fingerprint density at radius 2 is 1.58 bits per heavy atom. The summed E-state index contributed by atoms with van der Waals surface area (Å²) in [6.45, 7) is 0. The van der Waals surface area contributed by atoms with Crippen molar-refractivity contribution in [2.75, 3.05) is 0 Å². The Morgan fingerprint density at radius 1 is 1.05 bits per heavy atom. The molecule has 4 bridgehead atoms. The van der Waals surface area contributed by atoms with Crippen LogP contribution in [0.4, 0.5) is 0 Å². The lowest BCUT2D eigenvalue weighted by Gasteiger charge is -2.57. The van der Waals surface area contributed by atoms with Crippen molar-refractivity contribution in [1.82, 2.24) is 5.32 Å². The lowest BCUT2D eigenvalue weighted by atomic mass is 9.52. The van der Waals surface area contributed by atoms with E-state index in [2.05, 4.69) is 11.4 Å². The van der Waals surface area contributed by atoms with E-state index in [-0.39, 0.29) is 11.4 Å². The topological polar surface area (TPSA) is 52.9 Å². The summed E-state index contributed by atoms with van der Waals surface area (Å²) >= 11 is 0. The van der Waals surface area contributed by atoms with Gasteiger partial charge in [-0.25, -0.2) is 0 Å². The van der Waals surface area contributed by atoms with Gasteiger partial charge in [-0.3, -0.25) is 4.79 Å². The summed E-state index contributed by atoms with van der Waals surface area (Å²) < 4.78 is 0. The van der Waals surface area contributed by atoms with Gasteiger partial charge in [0.2, 0.25) is 5.91 Å². The van der Waals surface area contributed by atoms with Crippen LogP contribution in [-0.4, -0.2) is 11.4 Å². The number of nitriles is 1. The van der Waals surface area contributed by atoms with Crippen LogP contribution in [0.1, 0.15) is 57.8 Å². The summed E-state index contributed by atoms with van der Waals surface area (Å²) in [4.78, 5) is 12.5. The second-order valence-electron chi connectivity index (χ2n) is 7.70. The summed E-state index contributed by atoms with van der Waals surface area (Å²) in [5.74, 6) is 2.56. The van der Waals surface area contributed by atoms with Crippen LogP contribution in [0.2, 0.25) is 0 Å². The van der Waals surface area contributed by atoms with Crippen molar-refractivity contribution < 1.29 is 4.79 Å². The molecule has 1 amide bonds. The molecule has 5 aliphatic carbocycles. The number of amides is 1. The Balaban J connectivity index is 1.54. The molecular weight excluding hydrogens is 236 g/mol. The fraction of sp³-hybridized carbons (Fsp3) is 0.875. The minimum absolute atomic E-state index is 0.0446. The number of hydrogen-bond donors (Lipinski definition) is 1. The molecule has 102 valence electrons. The Morgan fingerprint density at radius 3 is 1.95 bits per heavy atom. The number of nitrogens with one attached hydrogen (secondary N) is 1. The monoisotopic (exact) mass is 258 g/mol. The molecule has 5 aliphatic rings. The molecule has 0 aromatic rings. The standard InChI is InChI=1S/C16H22N2O/c17-10-15(2-1-3-15)14(19)18-16-7-11-4-12(8-16)6-13(5-11)9-16/h11-13H,1-9H2,(H,18,19). The van der Waals surface area contributed by atoms with Gasteiger partial charge >= 0.3 is 0 Å². The van der Waals surface area contributed by atoms with E-state index in [0.29, 0.717) is 0 Å². The molecule has 3 heteroatoms. The van der Waals surface area contributed by atoms with E-state index >= 15 is 0 Å². The summed E-state index contributed by atoms with van der Waals surface area (Å²) in [5, 5.41) is 12.7. The van der Waals surface area contributed by atoms with Crippen molar-refractivity contribution >= 4 is 5.91 Å². The van der Waals surface area contributed by atoms with Crippen molar-refractivity contribution in [3.8, 4) is 6.07 Å². The molecule has 19 heavy (non-hydrogen) atoms. The fourth-order valence-corrected chi connectivity index (χ4v) is 5.54. The van der Waals surface area contributed by atoms with Crippen molar-refractivity contribution in [1.29, 1.82) is 5.26 Å². The molecule has 3 nitrogen and oxygen atoms in total. The van der Waals surface area contributed by atoms with Crippen LogP contribution in [0.3, 0.4) is 0 Å². The smallest absolute Gasteiger partial charge is 0.240 e. The first-order valence-electron chi connectivity index (χ1n) is 7.87. The Kier molecular flexibility index (Phi) is 2.32. The predicted molar refractivity (Wildman–Crippen MR) is 70.9 cm³/mol. The van der Waals surface area contributed by atoms with Gasteiger partial charge in [0.1, 0.15) is 5.41 Å². The first-order chi connectivity index (χ1) is 9.13. The summed E-state index contributed by atoms with van der Waals surface area (Å²) in [5.41, 5.74) is -0.616. The highest BCUT2D eigenvalue weighted by molar-refractivity contribution is 5.87. The maximum atomic E-state index is 12.5. The highest BCUT2D eigenvalue weighted by Crippen LogP contribution is 2.56. The van der Waals surface area contributed by atoms with E-state index in [1.54, 1.807) is 0 Å². The number of nitrogens with zero attached hydrogens (tertiary/aromatic N) is 1. The first-order valence-corrected chi connectivity index (χ1v) is 7.87. The van der Waals surface area contributed by atoms with Gasteiger partial charge in [0.15, 0.2) is 0 Å². The summed E-state index contributed by atoms with van der Waals surface area (Å²) in [6, 6.07) is 2.29. The lowest BCUT2D eigenvalue weighted by molar-refractivity contribution is -0.137. The van der Waals surface area contributed by atoms with Gasteiger partial charge < -0.3 is 5.32 Å². The maximum absolute atomic E-state index is 12.5. The van der Waals surface area contributed by atoms with Crippen LogP contribution in [0, 0.1) is 34.5 Å². The van der Waals surface area contributed by atoms with Crippen molar-refractivity contribution in [3.63, 3.8) is 0 Å². The predicted octanol–water partition coefficient (Wildman–Crippen LogP) is 2.77. The average Bonchev–Trinajstić information content (AvgIpc) is 2.24. The first kappa shape index (κ1) is 11.8. The molecule has 0 aromatic heterocycles. The molecule has 5 rings (SSSR count). The molecule has 5 saturated carbocycles. The Hall–Kier alpha value is -1.04. The van der Waals surface area contributed by atoms with Crippen LogP contribution in [-0.2, 0) is 4.79 Å². The zero-order valence-electron chi connectivity index (χ0n) is 11.5. The second kappa shape index (κ2) is 3.75. The van der Waals surface area contributed by atoms with Crippen molar-refractivity contribution in [2.45, 2.75) is 63.3 Å². The molecule has 0 unspecified atom stereocenters. The highest BCUT2D eigenvalue weighted by Gasteiger charge is 2.54. The van der Waals surface area contributed by atoms with E-state index in [1.807, 2.05) is 0 Å². The number of hydrogen-bond acceptors (Lipinski definition) is 2. The van der Waals surface area contributed by atoms with Gasteiger partial charge in [-0.1, -0.05) is 0 Å². The normalized spacial score (nSPS) is 45.3. The van der Waals surface area contributed by atoms with Crippen LogP contribution >= 0.6 is 0 Å². The molecule has 1 N–H and O–H groups in total. The zero-order chi connectivity index (χ0) is 13.1. The van der Waals surface area contributed by atoms with Gasteiger partial charge in [0.05, 0.1) is 6.07 Å². The molecule has 0 aliphatic heterocycles. The zero-order valence-corrected chi connectivity index (χ0v) is 11.5. The summed E-state index contributed by atoms with van der Waals surface area (Å²) in [7, 11) is 0. The third-order valence-corrected chi connectivity index (χ3v) is 6.27. The molecule has 0 atom stereocenters. The summed E-state index contributed by atoms with van der Waals surface area (Å²) in [6.07, 6.45) is 10.2. The van der Waals surface area contributed by atoms with Crippen LogP contribution < -0.4 is 5.32 Å². The van der Waals surface area contributed by atoms with E-state index < -0.39 is 5.41 Å². The Bertz CT molecular complexity index is 423. The fourth-order valence-electron chi connectivity index (χ4n) is 5.54. The second-order valence-corrected chi connectivity index (χ2v) is 7.70. The molecular formula is C16H22N2O. The third-order valence-electron chi connectivity index (χ3n) is 6.27. The minimum Gasteiger partial charge on any atom is -0.349 e. The van der Waals surface area contributed by atoms with Crippen LogP contribution in [0.15, 0.2) is 0 Å². The SMILES string of the molecule is N#CC1(C(=O)NC23CC4CC(CC(C4)C2)C3)CCC1. The Labute approximate surface area is 114 Å². The van der Waals surface area contributed by atoms with Crippen molar-refractivity contribution in [3.05, 3.63) is 0 Å². The van der Waals surface area contributed by atoms with Crippen LogP contribution in [0.25, 0.3) is 0 Å². The van der Waals surface area contributed by atoms with E-state index in [4.69, 9.17) is 0 Å². The van der Waals surface area contributed by atoms with Crippen LogP contribution in [0.5, 0.6) is 0 Å². The number of carbonyl (C=O) groups is 1. The number of rotatable bonds is 2. The minimum atomic E-state index is -0.677. The number of carbonyl (C=O) groups excluding carboxylic acids is 1. The van der Waals surface area contributed by atoms with Crippen molar-refractivity contribution in [2.24, 2.45) is 23.2 Å².